The Bertz CT molecular complexity index is 1020. The minimum atomic E-state index is -0.538. The van der Waals surface area contributed by atoms with Gasteiger partial charge in [-0.15, -0.1) is 0 Å². The first kappa shape index (κ1) is 18.7. The van der Waals surface area contributed by atoms with Crippen molar-refractivity contribution in [3.8, 4) is 11.5 Å². The van der Waals surface area contributed by atoms with E-state index in [4.69, 9.17) is 14.2 Å². The molecule has 0 radical (unpaired) electrons. The Balaban J connectivity index is 1.61. The molecule has 0 N–H and O–H groups in total. The van der Waals surface area contributed by atoms with Gasteiger partial charge in [-0.3, -0.25) is 4.79 Å². The van der Waals surface area contributed by atoms with E-state index in [1.165, 1.54) is 7.11 Å². The number of methoxy groups -OCH3 is 2. The van der Waals surface area contributed by atoms with E-state index in [1.807, 2.05) is 12.1 Å². The number of benzene rings is 2. The summed E-state index contributed by atoms with van der Waals surface area (Å²) in [5.74, 6) is 0.883. The third kappa shape index (κ3) is 3.59. The predicted octanol–water partition coefficient (Wildman–Crippen LogP) is 3.18. The minimum absolute atomic E-state index is 0.125. The Kier molecular flexibility index (Phi) is 5.03. The van der Waals surface area contributed by atoms with E-state index < -0.39 is 5.97 Å². The molecule has 2 aliphatic heterocycles. The van der Waals surface area contributed by atoms with Crippen molar-refractivity contribution in [2.75, 3.05) is 25.7 Å². The minimum Gasteiger partial charge on any atom is -0.493 e. The zero-order valence-corrected chi connectivity index (χ0v) is 16.2. The maximum atomic E-state index is 12.3. The molecule has 7 nitrogen and oxygen atoms in total. The fourth-order valence-corrected chi connectivity index (χ4v) is 3.41. The number of carbonyl (C=O) groups is 2. The fourth-order valence-electron chi connectivity index (χ4n) is 3.41. The first-order chi connectivity index (χ1) is 14.1. The van der Waals surface area contributed by atoms with Crippen LogP contribution < -0.4 is 14.4 Å². The molecular weight excluding hydrogens is 372 g/mol. The number of ether oxygens (including phenoxy) is 3. The summed E-state index contributed by atoms with van der Waals surface area (Å²) in [5, 5.41) is 0. The van der Waals surface area contributed by atoms with Gasteiger partial charge in [0.1, 0.15) is 0 Å². The molecule has 7 heteroatoms. The zero-order chi connectivity index (χ0) is 20.4. The Morgan fingerprint density at radius 2 is 1.86 bits per heavy atom. The van der Waals surface area contributed by atoms with Crippen molar-refractivity contribution in [3.63, 3.8) is 0 Å². The van der Waals surface area contributed by atoms with Gasteiger partial charge < -0.3 is 19.1 Å². The summed E-state index contributed by atoms with van der Waals surface area (Å²) in [6, 6.07) is 12.6. The van der Waals surface area contributed by atoms with Crippen LogP contribution in [0.15, 0.2) is 53.2 Å². The van der Waals surface area contributed by atoms with Crippen LogP contribution in [-0.4, -0.2) is 38.5 Å². The number of nitrogens with zero attached hydrogens (tertiary/aromatic N) is 2. The highest BCUT2D eigenvalue weighted by molar-refractivity contribution is 6.13. The molecule has 0 aromatic heterocycles. The van der Waals surface area contributed by atoms with Crippen molar-refractivity contribution in [3.05, 3.63) is 59.3 Å². The molecule has 2 aromatic rings. The Hall–Kier alpha value is -3.61. The number of hydrogen-bond acceptors (Lipinski definition) is 6. The molecule has 2 aromatic carbocycles. The molecule has 0 spiro atoms. The molecule has 1 amide bonds. The predicted molar refractivity (Wildman–Crippen MR) is 108 cm³/mol. The van der Waals surface area contributed by atoms with Crippen molar-refractivity contribution < 1.29 is 23.8 Å². The smallest absolute Gasteiger partial charge is 0.363 e. The van der Waals surface area contributed by atoms with E-state index in [0.717, 1.165) is 18.7 Å². The van der Waals surface area contributed by atoms with Crippen molar-refractivity contribution in [1.29, 1.82) is 0 Å². The van der Waals surface area contributed by atoms with Gasteiger partial charge in [-0.25, -0.2) is 9.79 Å². The molecule has 1 fully saturated rings. The van der Waals surface area contributed by atoms with Crippen LogP contribution in [0.4, 0.5) is 5.69 Å². The van der Waals surface area contributed by atoms with Crippen LogP contribution >= 0.6 is 0 Å². The molecule has 0 bridgehead atoms. The fraction of sp³-hybridized carbons (Fsp3) is 0.227. The summed E-state index contributed by atoms with van der Waals surface area (Å²) in [4.78, 5) is 30.3. The van der Waals surface area contributed by atoms with Gasteiger partial charge in [-0.1, -0.05) is 12.1 Å². The van der Waals surface area contributed by atoms with Crippen molar-refractivity contribution in [1.82, 2.24) is 0 Å². The highest BCUT2D eigenvalue weighted by Gasteiger charge is 2.26. The molecule has 4 rings (SSSR count). The molecule has 0 saturated carbocycles. The molecule has 0 atom stereocenters. The van der Waals surface area contributed by atoms with Gasteiger partial charge in [-0.2, -0.15) is 0 Å². The monoisotopic (exact) mass is 392 g/mol. The first-order valence-corrected chi connectivity index (χ1v) is 9.25. The summed E-state index contributed by atoms with van der Waals surface area (Å²) in [5.41, 5.74) is 2.32. The summed E-state index contributed by atoms with van der Waals surface area (Å²) in [7, 11) is 3.09. The second kappa shape index (κ2) is 7.79. The van der Waals surface area contributed by atoms with E-state index >= 15 is 0 Å². The second-order valence-corrected chi connectivity index (χ2v) is 6.61. The molecule has 29 heavy (non-hydrogen) atoms. The molecule has 0 unspecified atom stereocenters. The van der Waals surface area contributed by atoms with Crippen molar-refractivity contribution in [2.24, 2.45) is 4.99 Å². The highest BCUT2D eigenvalue weighted by atomic mass is 16.6. The number of esters is 1. The van der Waals surface area contributed by atoms with E-state index in [1.54, 1.807) is 48.4 Å². The summed E-state index contributed by atoms with van der Waals surface area (Å²) in [6.07, 6.45) is 3.05. The Morgan fingerprint density at radius 3 is 2.52 bits per heavy atom. The SMILES string of the molecule is COc1cccc(C=C2N=C(c3ccc(N4CCCC4=O)cc3)OC2=O)c1OC. The molecule has 2 aliphatic rings. The van der Waals surface area contributed by atoms with Crippen LogP contribution in [-0.2, 0) is 14.3 Å². The van der Waals surface area contributed by atoms with Gasteiger partial charge in [0.15, 0.2) is 17.2 Å². The van der Waals surface area contributed by atoms with Crippen LogP contribution in [0, 0.1) is 0 Å². The molecule has 2 heterocycles. The number of anilines is 1. The van der Waals surface area contributed by atoms with Gasteiger partial charge >= 0.3 is 5.97 Å². The van der Waals surface area contributed by atoms with Gasteiger partial charge in [0, 0.05) is 29.8 Å². The van der Waals surface area contributed by atoms with Gasteiger partial charge in [0.2, 0.25) is 11.8 Å². The number of rotatable bonds is 5. The average Bonchev–Trinajstić information content (AvgIpc) is 3.33. The summed E-state index contributed by atoms with van der Waals surface area (Å²) < 4.78 is 16.0. The lowest BCUT2D eigenvalue weighted by molar-refractivity contribution is -0.130. The largest absolute Gasteiger partial charge is 0.493 e. The van der Waals surface area contributed by atoms with Crippen molar-refractivity contribution >= 4 is 29.5 Å². The van der Waals surface area contributed by atoms with Crippen LogP contribution in [0.25, 0.3) is 6.08 Å². The Labute approximate surface area is 168 Å². The molecule has 0 aliphatic carbocycles. The van der Waals surface area contributed by atoms with E-state index in [0.29, 0.717) is 29.0 Å². The van der Waals surface area contributed by atoms with E-state index in [-0.39, 0.29) is 17.5 Å². The number of cyclic esters (lactones) is 1. The first-order valence-electron chi connectivity index (χ1n) is 9.25. The number of aliphatic imine (C=N–C) groups is 1. The molecule has 1 saturated heterocycles. The quantitative estimate of drug-likeness (QED) is 0.577. The number of para-hydroxylation sites is 1. The third-order valence-corrected chi connectivity index (χ3v) is 4.85. The summed E-state index contributed by atoms with van der Waals surface area (Å²) in [6.45, 7) is 0.726. The lowest BCUT2D eigenvalue weighted by atomic mass is 10.1. The van der Waals surface area contributed by atoms with Crippen LogP contribution in [0.3, 0.4) is 0 Å². The van der Waals surface area contributed by atoms with E-state index in [9.17, 15) is 9.59 Å². The zero-order valence-electron chi connectivity index (χ0n) is 16.2. The normalized spacial score (nSPS) is 17.5. The van der Waals surface area contributed by atoms with Gasteiger partial charge in [0.05, 0.1) is 14.2 Å². The van der Waals surface area contributed by atoms with E-state index in [2.05, 4.69) is 4.99 Å². The summed E-state index contributed by atoms with van der Waals surface area (Å²) >= 11 is 0. The number of hydrogen-bond donors (Lipinski definition) is 0. The van der Waals surface area contributed by atoms with Gasteiger partial charge in [0.25, 0.3) is 0 Å². The average molecular weight is 392 g/mol. The lowest BCUT2D eigenvalue weighted by Gasteiger charge is -2.15. The third-order valence-electron chi connectivity index (χ3n) is 4.85. The molecular formula is C22H20N2O5. The van der Waals surface area contributed by atoms with Gasteiger partial charge in [-0.05, 0) is 42.8 Å². The highest BCUT2D eigenvalue weighted by Crippen LogP contribution is 2.33. The maximum Gasteiger partial charge on any atom is 0.363 e. The van der Waals surface area contributed by atoms with Crippen molar-refractivity contribution in [2.45, 2.75) is 12.8 Å². The standard InChI is InChI=1S/C22H20N2O5/c1-27-18-6-3-5-15(20(18)28-2)13-17-22(26)29-21(23-17)14-8-10-16(11-9-14)24-12-4-7-19(24)25/h3,5-6,8-11,13H,4,7,12H2,1-2H3. The second-order valence-electron chi connectivity index (χ2n) is 6.61. The maximum absolute atomic E-state index is 12.3. The topological polar surface area (TPSA) is 77.4 Å². The lowest BCUT2D eigenvalue weighted by Crippen LogP contribution is -2.23. The number of amides is 1. The van der Waals surface area contributed by atoms with Crippen LogP contribution in [0.1, 0.15) is 24.0 Å². The Morgan fingerprint density at radius 1 is 1.07 bits per heavy atom. The van der Waals surface area contributed by atoms with Crippen LogP contribution in [0.2, 0.25) is 0 Å². The number of carbonyl (C=O) groups excluding carboxylic acids is 2. The molecule has 148 valence electrons. The van der Waals surface area contributed by atoms with Crippen LogP contribution in [0.5, 0.6) is 11.5 Å².